The van der Waals surface area contributed by atoms with Crippen molar-refractivity contribution < 1.29 is 74.6 Å². The maximum Gasteiger partial charge on any atom is 2.00 e. The van der Waals surface area contributed by atoms with Gasteiger partial charge in [-0.2, -0.15) is 0 Å². The van der Waals surface area contributed by atoms with Crippen molar-refractivity contribution in [3.63, 3.8) is 0 Å². The zero-order valence-corrected chi connectivity index (χ0v) is 8.76. The van der Waals surface area contributed by atoms with Crippen LogP contribution < -0.4 is 48.0 Å². The molecule has 0 N–H and O–H groups in total. The minimum absolute atomic E-state index is 0. The minimum Gasteiger partial charge on any atom is -1.00 e. The van der Waals surface area contributed by atoms with E-state index in [0.29, 0.717) is 0 Å². The zero-order chi connectivity index (χ0) is 4.00. The van der Waals surface area contributed by atoms with Crippen LogP contribution in [-0.4, -0.2) is 13.6 Å². The second-order valence-corrected chi connectivity index (χ2v) is 0. The van der Waals surface area contributed by atoms with Gasteiger partial charge in [0.05, 0.1) is 0 Å². The average molecular weight is 370 g/mol. The van der Waals surface area contributed by atoms with Crippen molar-refractivity contribution in [1.29, 1.82) is 0 Å². The maximum absolute atomic E-state index is 8.00. The van der Waals surface area contributed by atoms with Crippen molar-refractivity contribution in [3.05, 3.63) is 0 Å². The number of hydrogen-bond acceptors (Lipinski definition) is 2. The van der Waals surface area contributed by atoms with Crippen LogP contribution in [0.5, 0.6) is 0 Å². The summed E-state index contributed by atoms with van der Waals surface area (Å²) in [5.74, 6) is 0. The quantitative estimate of drug-likeness (QED) is 0.314. The first-order chi connectivity index (χ1) is 2.00. The molecule has 7 heavy (non-hydrogen) atoms. The summed E-state index contributed by atoms with van der Waals surface area (Å²) in [5.41, 5.74) is 0. The van der Waals surface area contributed by atoms with Crippen molar-refractivity contribution in [1.82, 2.24) is 0 Å². The molecule has 0 aromatic carbocycles. The molecule has 0 radical (unpaired) electrons. The molecule has 0 aliphatic carbocycles. The van der Waals surface area contributed by atoms with E-state index in [1.54, 1.807) is 0 Å². The number of hydrogen-bond donors (Lipinski definition) is 0. The van der Waals surface area contributed by atoms with Gasteiger partial charge in [0.1, 0.15) is 13.6 Å². The second kappa shape index (κ2) is 168. The van der Waals surface area contributed by atoms with Crippen LogP contribution in [0.2, 0.25) is 0 Å². The fourth-order valence-corrected chi connectivity index (χ4v) is 0. The third kappa shape index (κ3) is 119. The topological polar surface area (TPSA) is 34.1 Å². The third-order valence-corrected chi connectivity index (χ3v) is 0. The van der Waals surface area contributed by atoms with Gasteiger partial charge >= 0.3 is 17.1 Å². The largest absolute Gasteiger partial charge is 2.00 e. The van der Waals surface area contributed by atoms with Gasteiger partial charge in [-0.3, -0.25) is 0 Å². The summed E-state index contributed by atoms with van der Waals surface area (Å²) in [7, 11) is 0. The molecule has 0 saturated carbocycles. The molecule has 0 aliphatic heterocycles. The van der Waals surface area contributed by atoms with Gasteiger partial charge in [0.2, 0.25) is 0 Å². The second-order valence-electron chi connectivity index (χ2n) is 0. The molecule has 0 atom stereocenters. The van der Waals surface area contributed by atoms with Crippen LogP contribution in [0.15, 0.2) is 0 Å². The van der Waals surface area contributed by atoms with E-state index < -0.39 is 0 Å². The Kier molecular flexibility index (Phi) is 970. The summed E-state index contributed by atoms with van der Waals surface area (Å²) in [5, 5.41) is 0. The summed E-state index contributed by atoms with van der Waals surface area (Å²) >= 11 is 0. The summed E-state index contributed by atoms with van der Waals surface area (Å²) in [6.07, 6.45) is 0. The standard InChI is InChI=1S/2CH2O.Fe.2HI/c2*1-2;;;/h2*1H2;;2*1H/q;;+2;;/p-2. The molecule has 0 bridgehead atoms. The van der Waals surface area contributed by atoms with Gasteiger partial charge in [0.25, 0.3) is 0 Å². The number of carbonyl (C=O) groups excluding carboxylic acids is 2. The van der Waals surface area contributed by atoms with E-state index in [9.17, 15) is 0 Å². The molecule has 0 amide bonds. The van der Waals surface area contributed by atoms with Gasteiger partial charge in [0, 0.05) is 0 Å². The van der Waals surface area contributed by atoms with Gasteiger partial charge < -0.3 is 57.5 Å². The van der Waals surface area contributed by atoms with E-state index in [1.165, 1.54) is 0 Å². The Bertz CT molecular complexity index is 15.7. The Morgan fingerprint density at radius 3 is 0.714 bits per heavy atom. The van der Waals surface area contributed by atoms with Crippen LogP contribution in [-0.2, 0) is 26.7 Å². The van der Waals surface area contributed by atoms with Crippen LogP contribution in [0, 0.1) is 0 Å². The third-order valence-electron chi connectivity index (χ3n) is 0. The summed E-state index contributed by atoms with van der Waals surface area (Å²) < 4.78 is 0. The molecule has 0 fully saturated rings. The molecule has 0 unspecified atom stereocenters. The average Bonchev–Trinajstić information content (AvgIpc) is 1.50. The zero-order valence-electron chi connectivity index (χ0n) is 3.34. The van der Waals surface area contributed by atoms with Crippen molar-refractivity contribution in [2.24, 2.45) is 0 Å². The summed E-state index contributed by atoms with van der Waals surface area (Å²) in [6.45, 7) is 4.00. The van der Waals surface area contributed by atoms with Crippen LogP contribution in [0.25, 0.3) is 0 Å². The Labute approximate surface area is 87.3 Å². The first kappa shape index (κ1) is 40.4. The normalized spacial score (nSPS) is 1.14. The summed E-state index contributed by atoms with van der Waals surface area (Å²) in [6, 6.07) is 0. The molecule has 0 heterocycles. The van der Waals surface area contributed by atoms with Crippen LogP contribution in [0.4, 0.5) is 0 Å². The number of rotatable bonds is 0. The Hall–Kier alpha value is 1.32. The molecular formula is C2H4FeI2O2. The Morgan fingerprint density at radius 1 is 0.714 bits per heavy atom. The first-order valence-electron chi connectivity index (χ1n) is 0.577. The molecule has 0 aromatic heterocycles. The SMILES string of the molecule is C=O.C=O.[Fe+2].[I-].[I-]. The smallest absolute Gasteiger partial charge is 1.00 e. The molecule has 0 rings (SSSR count). The van der Waals surface area contributed by atoms with E-state index in [0.717, 1.165) is 0 Å². The summed E-state index contributed by atoms with van der Waals surface area (Å²) in [4.78, 5) is 16.0. The minimum atomic E-state index is 0. The molecule has 0 spiro atoms. The van der Waals surface area contributed by atoms with Gasteiger partial charge in [-0.25, -0.2) is 0 Å². The van der Waals surface area contributed by atoms with Gasteiger partial charge in [-0.05, 0) is 0 Å². The number of carbonyl (C=O) groups is 2. The van der Waals surface area contributed by atoms with E-state index in [1.807, 2.05) is 13.6 Å². The van der Waals surface area contributed by atoms with Crippen LogP contribution >= 0.6 is 0 Å². The molecule has 2 nitrogen and oxygen atoms in total. The van der Waals surface area contributed by atoms with E-state index in [4.69, 9.17) is 9.59 Å². The molecule has 0 saturated heterocycles. The molecule has 5 heteroatoms. The monoisotopic (exact) mass is 370 g/mol. The first-order valence-corrected chi connectivity index (χ1v) is 0.577. The van der Waals surface area contributed by atoms with Crippen molar-refractivity contribution in [3.8, 4) is 0 Å². The fourth-order valence-electron chi connectivity index (χ4n) is 0. The van der Waals surface area contributed by atoms with Crippen molar-refractivity contribution in [2.45, 2.75) is 0 Å². The molecular weight excluding hydrogens is 366 g/mol. The predicted molar refractivity (Wildman–Crippen MR) is 14.2 cm³/mol. The Morgan fingerprint density at radius 2 is 0.714 bits per heavy atom. The van der Waals surface area contributed by atoms with Gasteiger partial charge in [-0.1, -0.05) is 0 Å². The van der Waals surface area contributed by atoms with E-state index >= 15 is 0 Å². The molecule has 46 valence electrons. The molecule has 0 aliphatic rings. The van der Waals surface area contributed by atoms with E-state index in [2.05, 4.69) is 0 Å². The van der Waals surface area contributed by atoms with Gasteiger partial charge in [-0.15, -0.1) is 0 Å². The van der Waals surface area contributed by atoms with Crippen LogP contribution in [0.3, 0.4) is 0 Å². The van der Waals surface area contributed by atoms with E-state index in [-0.39, 0.29) is 65.0 Å². The van der Waals surface area contributed by atoms with Crippen LogP contribution in [0.1, 0.15) is 0 Å². The van der Waals surface area contributed by atoms with Crippen molar-refractivity contribution in [2.75, 3.05) is 0 Å². The predicted octanol–water partition coefficient (Wildman–Crippen LogP) is -6.36. The molecule has 0 aromatic rings. The fraction of sp³-hybridized carbons (Fsp3) is 0. The Balaban J connectivity index is -0.00000000267. The number of halogens is 2. The van der Waals surface area contributed by atoms with Gasteiger partial charge in [0.15, 0.2) is 0 Å². The maximum atomic E-state index is 8.00. The van der Waals surface area contributed by atoms with Crippen molar-refractivity contribution >= 4 is 13.6 Å².